The highest BCUT2D eigenvalue weighted by atomic mass is 16.5. The van der Waals surface area contributed by atoms with Gasteiger partial charge in [-0.25, -0.2) is 0 Å². The summed E-state index contributed by atoms with van der Waals surface area (Å²) in [7, 11) is 0. The number of likely N-dealkylation sites (tertiary alicyclic amines) is 1. The van der Waals surface area contributed by atoms with E-state index in [1.807, 2.05) is 89.3 Å². The Bertz CT molecular complexity index is 1180. The van der Waals surface area contributed by atoms with E-state index in [-0.39, 0.29) is 36.3 Å². The third-order valence-electron chi connectivity index (χ3n) is 9.45. The molecule has 210 valence electrons. The van der Waals surface area contributed by atoms with Crippen LogP contribution in [0.2, 0.25) is 0 Å². The number of carbonyl (C=O) groups excluding carboxylic acids is 3. The molecular formula is C31H41N3O5. The molecule has 0 aromatic heterocycles. The second-order valence-electron chi connectivity index (χ2n) is 11.7. The molecule has 4 aliphatic heterocycles. The quantitative estimate of drug-likeness (QED) is 0.542. The second-order valence-corrected chi connectivity index (χ2v) is 11.7. The summed E-state index contributed by atoms with van der Waals surface area (Å²) in [6.07, 6.45) is 8.89. The zero-order chi connectivity index (χ0) is 28.1. The van der Waals surface area contributed by atoms with Crippen molar-refractivity contribution in [3.8, 4) is 0 Å². The lowest BCUT2D eigenvalue weighted by Crippen LogP contribution is -2.60. The fourth-order valence-corrected chi connectivity index (χ4v) is 7.19. The number of fused-ring (bicyclic) bond motifs is 2. The highest BCUT2D eigenvalue weighted by Crippen LogP contribution is 2.59. The van der Waals surface area contributed by atoms with Gasteiger partial charge in [-0.1, -0.05) is 69.7 Å². The molecule has 1 spiro atoms. The fourth-order valence-electron chi connectivity index (χ4n) is 7.19. The van der Waals surface area contributed by atoms with Gasteiger partial charge in [0.1, 0.15) is 11.6 Å². The van der Waals surface area contributed by atoms with E-state index in [9.17, 15) is 19.5 Å². The number of rotatable bonds is 7. The third kappa shape index (κ3) is 3.98. The Labute approximate surface area is 231 Å². The Morgan fingerprint density at radius 1 is 0.949 bits per heavy atom. The Morgan fingerprint density at radius 2 is 1.64 bits per heavy atom. The largest absolute Gasteiger partial charge is 0.394 e. The number of para-hydroxylation sites is 1. The molecule has 2 saturated heterocycles. The summed E-state index contributed by atoms with van der Waals surface area (Å²) in [4.78, 5) is 48.5. The lowest BCUT2D eigenvalue weighted by Gasteiger charge is -2.42. The molecule has 1 unspecified atom stereocenters. The summed E-state index contributed by atoms with van der Waals surface area (Å²) in [5.74, 6) is -2.44. The van der Waals surface area contributed by atoms with Crippen molar-refractivity contribution in [1.82, 2.24) is 9.80 Å². The predicted octanol–water partition coefficient (Wildman–Crippen LogP) is 3.16. The first kappa shape index (κ1) is 27.6. The summed E-state index contributed by atoms with van der Waals surface area (Å²) < 4.78 is 7.03. The smallest absolute Gasteiger partial charge is 0.249 e. The number of nitrogens with zero attached hydrogens (tertiary/aromatic N) is 3. The maximum Gasteiger partial charge on any atom is 0.249 e. The second kappa shape index (κ2) is 10.2. The van der Waals surface area contributed by atoms with Crippen LogP contribution < -0.4 is 4.90 Å². The van der Waals surface area contributed by atoms with Gasteiger partial charge in [0, 0.05) is 24.8 Å². The van der Waals surface area contributed by atoms with Crippen LogP contribution in [0.1, 0.15) is 47.5 Å². The van der Waals surface area contributed by atoms with E-state index in [0.29, 0.717) is 19.5 Å². The lowest BCUT2D eigenvalue weighted by molar-refractivity contribution is -0.157. The zero-order valence-corrected chi connectivity index (χ0v) is 23.6. The number of hydrogen-bond donors (Lipinski definition) is 1. The van der Waals surface area contributed by atoms with Gasteiger partial charge in [-0.3, -0.25) is 14.4 Å². The number of anilines is 1. The van der Waals surface area contributed by atoms with Crippen molar-refractivity contribution in [1.29, 1.82) is 0 Å². The third-order valence-corrected chi connectivity index (χ3v) is 9.45. The normalized spacial score (nSPS) is 33.7. The van der Waals surface area contributed by atoms with Crippen LogP contribution in [0, 0.1) is 17.8 Å². The van der Waals surface area contributed by atoms with Gasteiger partial charge in [-0.15, -0.1) is 0 Å². The van der Waals surface area contributed by atoms with Crippen LogP contribution >= 0.6 is 0 Å². The van der Waals surface area contributed by atoms with Crippen molar-refractivity contribution >= 4 is 23.4 Å². The molecule has 0 aliphatic carbocycles. The monoisotopic (exact) mass is 535 g/mol. The molecule has 0 radical (unpaired) electrons. The minimum absolute atomic E-state index is 0.0520. The van der Waals surface area contributed by atoms with Crippen LogP contribution in [-0.4, -0.2) is 81.7 Å². The molecule has 7 atom stereocenters. The first-order valence-corrected chi connectivity index (χ1v) is 14.3. The van der Waals surface area contributed by atoms with Gasteiger partial charge < -0.3 is 24.5 Å². The van der Waals surface area contributed by atoms with Crippen molar-refractivity contribution in [3.05, 3.63) is 54.6 Å². The average Bonchev–Trinajstić information content (AvgIpc) is 3.22. The molecule has 3 amide bonds. The maximum absolute atomic E-state index is 14.7. The summed E-state index contributed by atoms with van der Waals surface area (Å²) in [6, 6.07) is 7.84. The van der Waals surface area contributed by atoms with Crippen LogP contribution in [0.3, 0.4) is 0 Å². The average molecular weight is 536 g/mol. The topological polar surface area (TPSA) is 90.4 Å². The SMILES string of the molecule is CC[C@H](C)[C@H](CO)N1C(=O)[C@@H]2[C@@H]3C(=O)N(c4ccccc4)CC=C[C@]3(CC)O[C@@]23C=CCN(C(C)C)C(=O)C13. The summed E-state index contributed by atoms with van der Waals surface area (Å²) in [6.45, 7) is 10.4. The van der Waals surface area contributed by atoms with Crippen molar-refractivity contribution in [2.45, 2.75) is 76.8 Å². The number of benzene rings is 1. The van der Waals surface area contributed by atoms with Crippen molar-refractivity contribution in [2.24, 2.45) is 17.8 Å². The van der Waals surface area contributed by atoms with Crippen molar-refractivity contribution in [3.63, 3.8) is 0 Å². The molecule has 5 rings (SSSR count). The Balaban J connectivity index is 1.71. The lowest BCUT2D eigenvalue weighted by atomic mass is 9.73. The Kier molecular flexibility index (Phi) is 7.22. The minimum Gasteiger partial charge on any atom is -0.394 e. The standard InChI is InChI=1S/C31H41N3O5/c1-6-21(5)23(19-35)34-26-29(38)32(20(3)4)17-12-16-31(26)25(28(34)37)24-27(36)33(22-13-9-8-10-14-22)18-11-15-30(24,7-2)39-31/h8-16,20-21,23-26,35H,6-7,17-19H2,1-5H3/t21-,23-,24+,25-,26?,30-,31-/m0/s1. The molecule has 4 heterocycles. The van der Waals surface area contributed by atoms with E-state index < -0.39 is 35.1 Å². The number of aliphatic hydroxyl groups is 1. The van der Waals surface area contributed by atoms with Gasteiger partial charge in [0.05, 0.1) is 30.1 Å². The highest BCUT2D eigenvalue weighted by molar-refractivity contribution is 6.04. The van der Waals surface area contributed by atoms with Crippen LogP contribution in [0.5, 0.6) is 0 Å². The van der Waals surface area contributed by atoms with Gasteiger partial charge >= 0.3 is 0 Å². The first-order chi connectivity index (χ1) is 18.7. The molecule has 2 fully saturated rings. The molecule has 8 nitrogen and oxygen atoms in total. The van der Waals surface area contributed by atoms with Crippen molar-refractivity contribution < 1.29 is 24.2 Å². The fraction of sp³-hybridized carbons (Fsp3) is 0.581. The van der Waals surface area contributed by atoms with Gasteiger partial charge in [-0.2, -0.15) is 0 Å². The van der Waals surface area contributed by atoms with Gasteiger partial charge in [0.15, 0.2) is 0 Å². The van der Waals surface area contributed by atoms with Gasteiger partial charge in [0.25, 0.3) is 0 Å². The van der Waals surface area contributed by atoms with E-state index in [1.165, 1.54) is 0 Å². The summed E-state index contributed by atoms with van der Waals surface area (Å²) in [5, 5.41) is 10.5. The van der Waals surface area contributed by atoms with E-state index in [2.05, 4.69) is 0 Å². The minimum atomic E-state index is -1.32. The number of amides is 3. The van der Waals surface area contributed by atoms with E-state index in [4.69, 9.17) is 4.74 Å². The maximum atomic E-state index is 14.7. The van der Waals surface area contributed by atoms with Crippen LogP contribution in [0.25, 0.3) is 0 Å². The molecule has 1 aromatic rings. The molecule has 0 bridgehead atoms. The van der Waals surface area contributed by atoms with Crippen LogP contribution in [0.15, 0.2) is 54.6 Å². The number of hydrogen-bond acceptors (Lipinski definition) is 5. The summed E-state index contributed by atoms with van der Waals surface area (Å²) >= 11 is 0. The van der Waals surface area contributed by atoms with Crippen LogP contribution in [0.4, 0.5) is 5.69 Å². The van der Waals surface area contributed by atoms with E-state index >= 15 is 0 Å². The molecule has 39 heavy (non-hydrogen) atoms. The zero-order valence-electron chi connectivity index (χ0n) is 23.6. The first-order valence-electron chi connectivity index (χ1n) is 14.3. The molecule has 8 heteroatoms. The number of ether oxygens (including phenoxy) is 1. The molecule has 1 aromatic carbocycles. The molecule has 4 aliphatic rings. The Morgan fingerprint density at radius 3 is 2.26 bits per heavy atom. The predicted molar refractivity (Wildman–Crippen MR) is 149 cm³/mol. The number of carbonyl (C=O) groups is 3. The number of aliphatic hydroxyl groups excluding tert-OH is 1. The molecule has 0 saturated carbocycles. The Hall–Kier alpha value is -2.97. The van der Waals surface area contributed by atoms with Crippen molar-refractivity contribution in [2.75, 3.05) is 24.6 Å². The highest BCUT2D eigenvalue weighted by Gasteiger charge is 2.76. The summed E-state index contributed by atoms with van der Waals surface area (Å²) in [5.41, 5.74) is -1.60. The van der Waals surface area contributed by atoms with Gasteiger partial charge in [0.2, 0.25) is 17.7 Å². The van der Waals surface area contributed by atoms with Gasteiger partial charge in [-0.05, 0) is 38.3 Å². The van der Waals surface area contributed by atoms with E-state index in [0.717, 1.165) is 12.1 Å². The van der Waals surface area contributed by atoms with E-state index in [1.54, 1.807) is 14.7 Å². The molecular weight excluding hydrogens is 494 g/mol. The molecule has 1 N–H and O–H groups in total. The van der Waals surface area contributed by atoms with Crippen LogP contribution in [-0.2, 0) is 19.1 Å².